The molecule has 6 N–H and O–H groups in total. The summed E-state index contributed by atoms with van der Waals surface area (Å²) in [6, 6.07) is 9.47. The van der Waals surface area contributed by atoms with Gasteiger partial charge in [0.15, 0.2) is 12.4 Å². The second-order valence-corrected chi connectivity index (χ2v) is 7.71. The molecule has 0 bridgehead atoms. The maximum Gasteiger partial charge on any atom is 0.257 e. The van der Waals surface area contributed by atoms with Crippen LogP contribution in [0.15, 0.2) is 30.3 Å². The molecule has 0 amide bonds. The van der Waals surface area contributed by atoms with Crippen molar-refractivity contribution in [2.75, 3.05) is 13.7 Å². The standard InChI is InChI=1S/C20H31NO9/c1-11(22)18-17(25)19(26)20(27-2,30-18)21-9-14-16(24)13(23)8-15(29-14)28-10-12-6-4-3-5-7-12/h3-7,11,13-19,21-26H,8-10H2,1-2H3/t11-,13-,14-,15+,16+,17+,18-,19-,20-/m1/s1. The van der Waals surface area contributed by atoms with Crippen LogP contribution < -0.4 is 5.32 Å². The summed E-state index contributed by atoms with van der Waals surface area (Å²) in [4.78, 5) is 0. The fourth-order valence-electron chi connectivity index (χ4n) is 3.71. The minimum atomic E-state index is -1.81. The Morgan fingerprint density at radius 3 is 2.47 bits per heavy atom. The molecule has 0 spiro atoms. The van der Waals surface area contributed by atoms with Crippen LogP contribution in [-0.4, -0.2) is 94.1 Å². The van der Waals surface area contributed by atoms with E-state index in [1.165, 1.54) is 14.0 Å². The largest absolute Gasteiger partial charge is 0.391 e. The lowest BCUT2D eigenvalue weighted by atomic mass is 10.0. The Kier molecular flexibility index (Phi) is 7.80. The molecule has 2 saturated heterocycles. The van der Waals surface area contributed by atoms with E-state index < -0.39 is 54.9 Å². The summed E-state index contributed by atoms with van der Waals surface area (Å²) >= 11 is 0. The minimum Gasteiger partial charge on any atom is -0.391 e. The number of aliphatic hydroxyl groups excluding tert-OH is 5. The van der Waals surface area contributed by atoms with Gasteiger partial charge in [-0.15, -0.1) is 0 Å². The average Bonchev–Trinajstić information content (AvgIpc) is 3.00. The number of ether oxygens (including phenoxy) is 4. The van der Waals surface area contributed by atoms with E-state index in [2.05, 4.69) is 5.32 Å². The van der Waals surface area contributed by atoms with E-state index in [-0.39, 0.29) is 19.6 Å². The second kappa shape index (κ2) is 9.96. The van der Waals surface area contributed by atoms with Gasteiger partial charge in [-0.2, -0.15) is 0 Å². The molecule has 2 heterocycles. The predicted octanol–water partition coefficient (Wildman–Crippen LogP) is -1.57. The van der Waals surface area contributed by atoms with Crippen LogP contribution in [0.5, 0.6) is 0 Å². The Morgan fingerprint density at radius 1 is 1.17 bits per heavy atom. The van der Waals surface area contributed by atoms with Gasteiger partial charge in [-0.1, -0.05) is 30.3 Å². The summed E-state index contributed by atoms with van der Waals surface area (Å²) in [6.45, 7) is 1.61. The third-order valence-corrected chi connectivity index (χ3v) is 5.50. The maximum absolute atomic E-state index is 10.4. The van der Waals surface area contributed by atoms with Crippen molar-refractivity contribution in [3.8, 4) is 0 Å². The predicted molar refractivity (Wildman–Crippen MR) is 103 cm³/mol. The van der Waals surface area contributed by atoms with Crippen LogP contribution >= 0.6 is 0 Å². The van der Waals surface area contributed by atoms with Crippen molar-refractivity contribution < 1.29 is 44.5 Å². The summed E-state index contributed by atoms with van der Waals surface area (Å²) in [7, 11) is 1.27. The van der Waals surface area contributed by atoms with E-state index in [1.807, 2.05) is 30.3 Å². The third kappa shape index (κ3) is 5.00. The zero-order valence-corrected chi connectivity index (χ0v) is 17.0. The molecule has 2 fully saturated rings. The molecule has 9 atom stereocenters. The number of hydrogen-bond donors (Lipinski definition) is 6. The monoisotopic (exact) mass is 429 g/mol. The van der Waals surface area contributed by atoms with Crippen LogP contribution in [0.3, 0.4) is 0 Å². The average molecular weight is 429 g/mol. The van der Waals surface area contributed by atoms with Gasteiger partial charge in [0.1, 0.15) is 24.4 Å². The third-order valence-electron chi connectivity index (χ3n) is 5.50. The van der Waals surface area contributed by atoms with Crippen molar-refractivity contribution in [1.29, 1.82) is 0 Å². The zero-order chi connectivity index (χ0) is 21.9. The molecule has 1 aromatic carbocycles. The Hall–Kier alpha value is -1.18. The topological polar surface area (TPSA) is 150 Å². The Labute approximate surface area is 175 Å². The molecule has 3 rings (SSSR count). The first-order valence-electron chi connectivity index (χ1n) is 9.96. The molecule has 10 nitrogen and oxygen atoms in total. The summed E-state index contributed by atoms with van der Waals surface area (Å²) in [5.74, 6) is -1.81. The van der Waals surface area contributed by atoms with Gasteiger partial charge in [-0.3, -0.25) is 5.32 Å². The maximum atomic E-state index is 10.4. The Bertz CT molecular complexity index is 663. The number of methoxy groups -OCH3 is 1. The lowest BCUT2D eigenvalue weighted by molar-refractivity contribution is -0.285. The smallest absolute Gasteiger partial charge is 0.257 e. The van der Waals surface area contributed by atoms with Gasteiger partial charge in [0.05, 0.1) is 18.8 Å². The molecule has 10 heteroatoms. The molecule has 0 aromatic heterocycles. The van der Waals surface area contributed by atoms with E-state index in [0.29, 0.717) is 0 Å². The SMILES string of the molecule is CO[C@@]1(NC[C@H]2O[C@H](OCc3ccccc3)C[C@@H](O)[C@@H]2O)O[C@H]([C@@H](C)O)[C@H](O)[C@H]1O. The molecule has 0 aliphatic carbocycles. The van der Waals surface area contributed by atoms with Gasteiger partial charge in [0.25, 0.3) is 5.91 Å². The first-order valence-corrected chi connectivity index (χ1v) is 9.96. The van der Waals surface area contributed by atoms with Gasteiger partial charge in [0, 0.05) is 20.1 Å². The molecule has 0 radical (unpaired) electrons. The molecule has 170 valence electrons. The van der Waals surface area contributed by atoms with Gasteiger partial charge in [-0.25, -0.2) is 0 Å². The normalized spacial score (nSPS) is 40.4. The molecule has 30 heavy (non-hydrogen) atoms. The van der Waals surface area contributed by atoms with Crippen LogP contribution in [-0.2, 0) is 25.6 Å². The van der Waals surface area contributed by atoms with Gasteiger partial charge < -0.3 is 44.5 Å². The van der Waals surface area contributed by atoms with Gasteiger partial charge in [-0.05, 0) is 12.5 Å². The fraction of sp³-hybridized carbons (Fsp3) is 0.700. The zero-order valence-electron chi connectivity index (χ0n) is 17.0. The number of aliphatic hydroxyl groups is 5. The lowest BCUT2D eigenvalue weighted by Crippen LogP contribution is -2.61. The number of nitrogens with one attached hydrogen (secondary N) is 1. The molecular formula is C20H31NO9. The first kappa shape index (κ1) is 23.5. The number of hydrogen-bond acceptors (Lipinski definition) is 10. The number of rotatable bonds is 8. The Morgan fingerprint density at radius 2 is 1.87 bits per heavy atom. The first-order chi connectivity index (χ1) is 14.3. The summed E-state index contributed by atoms with van der Waals surface area (Å²) in [5.41, 5.74) is 0.940. The van der Waals surface area contributed by atoms with E-state index in [9.17, 15) is 25.5 Å². The van der Waals surface area contributed by atoms with Gasteiger partial charge >= 0.3 is 0 Å². The lowest BCUT2D eigenvalue weighted by Gasteiger charge is -2.39. The van der Waals surface area contributed by atoms with Crippen molar-refractivity contribution in [3.63, 3.8) is 0 Å². The molecule has 0 saturated carbocycles. The van der Waals surface area contributed by atoms with Crippen molar-refractivity contribution in [2.45, 2.75) is 74.9 Å². The van der Waals surface area contributed by atoms with Crippen molar-refractivity contribution in [1.82, 2.24) is 5.32 Å². The highest BCUT2D eigenvalue weighted by atomic mass is 16.7. The summed E-state index contributed by atoms with van der Waals surface area (Å²) in [6.07, 6.45) is -8.85. The van der Waals surface area contributed by atoms with E-state index >= 15 is 0 Å². The minimum absolute atomic E-state index is 0.0897. The molecular weight excluding hydrogens is 398 g/mol. The summed E-state index contributed by atoms with van der Waals surface area (Å²) in [5, 5.41) is 53.6. The van der Waals surface area contributed by atoms with Crippen molar-refractivity contribution in [3.05, 3.63) is 35.9 Å². The van der Waals surface area contributed by atoms with E-state index in [4.69, 9.17) is 18.9 Å². The molecule has 0 unspecified atom stereocenters. The van der Waals surface area contributed by atoms with Gasteiger partial charge in [0.2, 0.25) is 0 Å². The quantitative estimate of drug-likeness (QED) is 0.268. The van der Waals surface area contributed by atoms with Crippen LogP contribution in [0.1, 0.15) is 18.9 Å². The second-order valence-electron chi connectivity index (χ2n) is 7.71. The van der Waals surface area contributed by atoms with Crippen LogP contribution in [0, 0.1) is 0 Å². The molecule has 1 aromatic rings. The highest BCUT2D eigenvalue weighted by Gasteiger charge is 2.56. The van der Waals surface area contributed by atoms with Crippen molar-refractivity contribution >= 4 is 0 Å². The van der Waals surface area contributed by atoms with Crippen LogP contribution in [0.4, 0.5) is 0 Å². The fourth-order valence-corrected chi connectivity index (χ4v) is 3.71. The van der Waals surface area contributed by atoms with E-state index in [1.54, 1.807) is 0 Å². The highest BCUT2D eigenvalue weighted by Crippen LogP contribution is 2.32. The molecule has 2 aliphatic heterocycles. The van der Waals surface area contributed by atoms with Crippen molar-refractivity contribution in [2.24, 2.45) is 0 Å². The van der Waals surface area contributed by atoms with Crippen LogP contribution in [0.2, 0.25) is 0 Å². The summed E-state index contributed by atoms with van der Waals surface area (Å²) < 4.78 is 22.3. The molecule has 2 aliphatic rings. The van der Waals surface area contributed by atoms with Crippen LogP contribution in [0.25, 0.3) is 0 Å². The Balaban J connectivity index is 1.61. The van der Waals surface area contributed by atoms with E-state index in [0.717, 1.165) is 5.56 Å². The number of benzene rings is 1. The highest BCUT2D eigenvalue weighted by molar-refractivity contribution is 5.13.